The molecule has 0 aromatic carbocycles. The van der Waals surface area contributed by atoms with Crippen molar-refractivity contribution >= 4 is 35.1 Å². The maximum Gasteiger partial charge on any atom is 0.264 e. The lowest BCUT2D eigenvalue weighted by atomic mass is 10.2. The van der Waals surface area contributed by atoms with Crippen LogP contribution in [-0.2, 0) is 4.79 Å². The third-order valence-electron chi connectivity index (χ3n) is 3.18. The molecule has 0 saturated carbocycles. The highest BCUT2D eigenvalue weighted by Gasteiger charge is 2.22. The summed E-state index contributed by atoms with van der Waals surface area (Å²) in [5.74, 6) is -0.293. The van der Waals surface area contributed by atoms with Gasteiger partial charge in [0.05, 0.1) is 27.5 Å². The van der Waals surface area contributed by atoms with Gasteiger partial charge in [-0.25, -0.2) is 5.43 Å². The minimum Gasteiger partial charge on any atom is -0.271 e. The summed E-state index contributed by atoms with van der Waals surface area (Å²) in [7, 11) is 0. The van der Waals surface area contributed by atoms with Gasteiger partial charge < -0.3 is 0 Å². The Morgan fingerprint density at radius 1 is 1.59 bits per heavy atom. The summed E-state index contributed by atoms with van der Waals surface area (Å²) >= 11 is 7.07. The van der Waals surface area contributed by atoms with Crippen LogP contribution in [0.3, 0.4) is 0 Å². The fourth-order valence-electron chi connectivity index (χ4n) is 2.05. The molecular weight excluding hydrogens is 327 g/mol. The molecule has 22 heavy (non-hydrogen) atoms. The van der Waals surface area contributed by atoms with Gasteiger partial charge in [0.15, 0.2) is 5.13 Å². The quantitative estimate of drug-likeness (QED) is 0.668. The molecular formula is C14H16ClFN4OS. The molecule has 1 amide bonds. The first-order valence-electron chi connectivity index (χ1n) is 6.73. The van der Waals surface area contributed by atoms with E-state index in [1.54, 1.807) is 17.7 Å². The summed E-state index contributed by atoms with van der Waals surface area (Å²) in [6.45, 7) is 5.49. The number of hydrogen-bond acceptors (Lipinski definition) is 4. The number of carbonyl (C=O) groups is 1. The van der Waals surface area contributed by atoms with Crippen molar-refractivity contribution in [3.63, 3.8) is 0 Å². The highest BCUT2D eigenvalue weighted by Crippen LogP contribution is 2.23. The summed E-state index contributed by atoms with van der Waals surface area (Å²) in [5.41, 5.74) is 3.88. The number of halogens is 2. The van der Waals surface area contributed by atoms with Crippen LogP contribution >= 0.6 is 22.9 Å². The van der Waals surface area contributed by atoms with E-state index in [2.05, 4.69) is 15.6 Å². The van der Waals surface area contributed by atoms with Gasteiger partial charge in [-0.3, -0.25) is 9.48 Å². The number of aryl methyl sites for hydroxylation is 1. The Balaban J connectivity index is 2.09. The molecule has 0 bridgehead atoms. The maximum absolute atomic E-state index is 12.8. The molecule has 5 nitrogen and oxygen atoms in total. The monoisotopic (exact) mass is 342 g/mol. The number of hydrogen-bond donors (Lipinski definition) is 1. The van der Waals surface area contributed by atoms with Gasteiger partial charge in [0.2, 0.25) is 0 Å². The van der Waals surface area contributed by atoms with Gasteiger partial charge in [0.1, 0.15) is 6.04 Å². The largest absolute Gasteiger partial charge is 0.271 e. The molecule has 118 valence electrons. The average Bonchev–Trinajstić information content (AvgIpc) is 3.00. The second-order valence-electron chi connectivity index (χ2n) is 4.73. The second kappa shape index (κ2) is 7.02. The van der Waals surface area contributed by atoms with E-state index in [4.69, 9.17) is 11.6 Å². The summed E-state index contributed by atoms with van der Waals surface area (Å²) in [4.78, 5) is 12.9. The SMILES string of the molecule is CCC(C(=O)NN=Cc1ccc(F)s1)n1nc(C)c(Cl)c1C. The topological polar surface area (TPSA) is 59.3 Å². The van der Waals surface area contributed by atoms with Crippen LogP contribution < -0.4 is 5.43 Å². The molecule has 1 atom stereocenters. The van der Waals surface area contributed by atoms with Crippen molar-refractivity contribution < 1.29 is 9.18 Å². The highest BCUT2D eigenvalue weighted by atomic mass is 35.5. The molecule has 0 saturated heterocycles. The third kappa shape index (κ3) is 3.53. The molecule has 2 heterocycles. The molecule has 0 fully saturated rings. The van der Waals surface area contributed by atoms with E-state index in [0.717, 1.165) is 17.0 Å². The minimum atomic E-state index is -0.497. The lowest BCUT2D eigenvalue weighted by Crippen LogP contribution is -2.30. The van der Waals surface area contributed by atoms with E-state index in [1.165, 1.54) is 12.3 Å². The van der Waals surface area contributed by atoms with Gasteiger partial charge in [0.25, 0.3) is 5.91 Å². The Kier molecular flexibility index (Phi) is 5.31. The first-order valence-corrected chi connectivity index (χ1v) is 7.93. The normalized spacial score (nSPS) is 12.8. The van der Waals surface area contributed by atoms with Crippen LogP contribution in [0, 0.1) is 19.0 Å². The molecule has 0 spiro atoms. The van der Waals surface area contributed by atoms with Crippen LogP contribution in [0.2, 0.25) is 5.02 Å². The van der Waals surface area contributed by atoms with Crippen LogP contribution in [0.4, 0.5) is 4.39 Å². The number of nitrogens with zero attached hydrogens (tertiary/aromatic N) is 3. The summed E-state index contributed by atoms with van der Waals surface area (Å²) in [5, 5.41) is 8.41. The fraction of sp³-hybridized carbons (Fsp3) is 0.357. The molecule has 1 N–H and O–H groups in total. The highest BCUT2D eigenvalue weighted by molar-refractivity contribution is 7.12. The molecule has 0 radical (unpaired) electrons. The first-order chi connectivity index (χ1) is 10.4. The van der Waals surface area contributed by atoms with Crippen molar-refractivity contribution in [2.45, 2.75) is 33.2 Å². The van der Waals surface area contributed by atoms with Gasteiger partial charge in [0, 0.05) is 0 Å². The third-order valence-corrected chi connectivity index (χ3v) is 4.54. The van der Waals surface area contributed by atoms with E-state index in [9.17, 15) is 9.18 Å². The van der Waals surface area contributed by atoms with Gasteiger partial charge in [-0.2, -0.15) is 14.6 Å². The molecule has 8 heteroatoms. The molecule has 0 aliphatic heterocycles. The van der Waals surface area contributed by atoms with Gasteiger partial charge >= 0.3 is 0 Å². The van der Waals surface area contributed by atoms with E-state index < -0.39 is 6.04 Å². The average molecular weight is 343 g/mol. The zero-order valence-corrected chi connectivity index (χ0v) is 14.0. The maximum atomic E-state index is 12.8. The Morgan fingerprint density at radius 2 is 2.32 bits per heavy atom. The number of aromatic nitrogens is 2. The van der Waals surface area contributed by atoms with E-state index in [1.807, 2.05) is 13.8 Å². The summed E-state index contributed by atoms with van der Waals surface area (Å²) in [6, 6.07) is 2.44. The number of carbonyl (C=O) groups excluding carboxylic acids is 1. The van der Waals surface area contributed by atoms with Crippen molar-refractivity contribution in [3.05, 3.63) is 38.6 Å². The number of nitrogens with one attached hydrogen (secondary N) is 1. The van der Waals surface area contributed by atoms with Crippen LogP contribution in [0.15, 0.2) is 17.2 Å². The van der Waals surface area contributed by atoms with Gasteiger partial charge in [-0.1, -0.05) is 18.5 Å². The number of thiophene rings is 1. The number of rotatable bonds is 5. The predicted octanol–water partition coefficient (Wildman–Crippen LogP) is 3.46. The number of hydrazone groups is 1. The number of amides is 1. The predicted molar refractivity (Wildman–Crippen MR) is 86.1 cm³/mol. The molecule has 0 aliphatic rings. The van der Waals surface area contributed by atoms with Gasteiger partial charge in [-0.05, 0) is 32.4 Å². The van der Waals surface area contributed by atoms with Crippen molar-refractivity contribution in [2.75, 3.05) is 0 Å². The van der Waals surface area contributed by atoms with E-state index in [-0.39, 0.29) is 11.0 Å². The Hall–Kier alpha value is -1.73. The molecule has 2 aromatic heterocycles. The van der Waals surface area contributed by atoms with Crippen molar-refractivity contribution in [1.29, 1.82) is 0 Å². The van der Waals surface area contributed by atoms with Gasteiger partial charge in [-0.15, -0.1) is 11.3 Å². The van der Waals surface area contributed by atoms with E-state index in [0.29, 0.717) is 22.0 Å². The fourth-order valence-corrected chi connectivity index (χ4v) is 2.77. The van der Waals surface area contributed by atoms with Crippen LogP contribution in [-0.4, -0.2) is 21.9 Å². The molecule has 0 aliphatic carbocycles. The molecule has 1 unspecified atom stereocenters. The zero-order chi connectivity index (χ0) is 16.3. The smallest absolute Gasteiger partial charge is 0.264 e. The van der Waals surface area contributed by atoms with Crippen LogP contribution in [0.25, 0.3) is 0 Å². The summed E-state index contributed by atoms with van der Waals surface area (Å²) < 4.78 is 14.5. The Bertz CT molecular complexity index is 710. The molecule has 2 rings (SSSR count). The standard InChI is InChI=1S/C14H16ClFN4OS/c1-4-11(20-9(3)13(15)8(2)19-20)14(21)18-17-7-10-5-6-12(16)22-10/h5-7,11H,4H2,1-3H3,(H,18,21). The molecule has 2 aromatic rings. The Morgan fingerprint density at radius 3 is 2.82 bits per heavy atom. The van der Waals surface area contributed by atoms with Crippen molar-refractivity contribution in [1.82, 2.24) is 15.2 Å². The lowest BCUT2D eigenvalue weighted by molar-refractivity contribution is -0.124. The minimum absolute atomic E-state index is 0.293. The Labute approximate surface area is 136 Å². The second-order valence-corrected chi connectivity index (χ2v) is 6.17. The lowest BCUT2D eigenvalue weighted by Gasteiger charge is -2.15. The zero-order valence-electron chi connectivity index (χ0n) is 12.4. The van der Waals surface area contributed by atoms with Crippen molar-refractivity contribution in [3.8, 4) is 0 Å². The van der Waals surface area contributed by atoms with Crippen LogP contribution in [0.1, 0.15) is 35.7 Å². The van der Waals surface area contributed by atoms with E-state index >= 15 is 0 Å². The van der Waals surface area contributed by atoms with Crippen molar-refractivity contribution in [2.24, 2.45) is 5.10 Å². The first kappa shape index (κ1) is 16.6. The van der Waals surface area contributed by atoms with Crippen LogP contribution in [0.5, 0.6) is 0 Å². The summed E-state index contributed by atoms with van der Waals surface area (Å²) in [6.07, 6.45) is 1.96.